The van der Waals surface area contributed by atoms with Crippen LogP contribution in [0.2, 0.25) is 5.02 Å². The molecule has 94 valence electrons. The first-order chi connectivity index (χ1) is 8.25. The summed E-state index contributed by atoms with van der Waals surface area (Å²) in [6.07, 6.45) is 3.72. The smallest absolute Gasteiger partial charge is 0.119 e. The maximum Gasteiger partial charge on any atom is 0.119 e. The molecule has 1 aromatic carbocycles. The number of hydrogen-bond donors (Lipinski definition) is 1. The Bertz CT molecular complexity index is 361. The Kier molecular flexibility index (Phi) is 4.69. The fraction of sp³-hybridized carbons (Fsp3) is 0.571. The van der Waals surface area contributed by atoms with Crippen LogP contribution in [0.15, 0.2) is 18.2 Å². The fourth-order valence-corrected chi connectivity index (χ4v) is 2.35. The van der Waals surface area contributed by atoms with E-state index in [-0.39, 0.29) is 0 Å². The number of halogens is 1. The highest BCUT2D eigenvalue weighted by molar-refractivity contribution is 6.31. The van der Waals surface area contributed by atoms with Gasteiger partial charge in [-0.3, -0.25) is 0 Å². The number of rotatable bonds is 5. The van der Waals surface area contributed by atoms with Crippen LogP contribution in [0, 0.1) is 12.8 Å². The van der Waals surface area contributed by atoms with Gasteiger partial charge in [0, 0.05) is 5.02 Å². The van der Waals surface area contributed by atoms with Crippen molar-refractivity contribution in [3.05, 3.63) is 28.8 Å². The molecule has 3 heteroatoms. The quantitative estimate of drug-likeness (QED) is 0.812. The Hall–Kier alpha value is -0.730. The summed E-state index contributed by atoms with van der Waals surface area (Å²) in [5.41, 5.74) is 1.07. The molecule has 1 fully saturated rings. The zero-order valence-electron chi connectivity index (χ0n) is 10.3. The van der Waals surface area contributed by atoms with Gasteiger partial charge in [-0.05, 0) is 69.0 Å². The van der Waals surface area contributed by atoms with E-state index in [2.05, 4.69) is 5.32 Å². The lowest BCUT2D eigenvalue weighted by atomic mass is 10.0. The van der Waals surface area contributed by atoms with Crippen molar-refractivity contribution in [3.8, 4) is 5.75 Å². The van der Waals surface area contributed by atoms with Crippen LogP contribution in [0.3, 0.4) is 0 Å². The van der Waals surface area contributed by atoms with E-state index >= 15 is 0 Å². The second-order valence-corrected chi connectivity index (χ2v) is 5.17. The Morgan fingerprint density at radius 3 is 3.06 bits per heavy atom. The maximum absolute atomic E-state index is 5.97. The van der Waals surface area contributed by atoms with Crippen molar-refractivity contribution in [1.82, 2.24) is 5.32 Å². The van der Waals surface area contributed by atoms with Crippen molar-refractivity contribution >= 4 is 11.6 Å². The molecule has 1 saturated heterocycles. The van der Waals surface area contributed by atoms with Crippen molar-refractivity contribution in [2.45, 2.75) is 26.2 Å². The zero-order chi connectivity index (χ0) is 12.1. The van der Waals surface area contributed by atoms with Gasteiger partial charge in [-0.15, -0.1) is 0 Å². The fourth-order valence-electron chi connectivity index (χ4n) is 2.23. The minimum Gasteiger partial charge on any atom is -0.494 e. The summed E-state index contributed by atoms with van der Waals surface area (Å²) < 4.78 is 5.72. The highest BCUT2D eigenvalue weighted by atomic mass is 35.5. The predicted octanol–water partition coefficient (Wildman–Crippen LogP) is 3.42. The van der Waals surface area contributed by atoms with Crippen LogP contribution < -0.4 is 10.1 Å². The number of nitrogens with one attached hydrogen (secondary N) is 1. The molecule has 1 aliphatic heterocycles. The molecule has 1 N–H and O–H groups in total. The summed E-state index contributed by atoms with van der Waals surface area (Å²) in [6.45, 7) is 5.17. The SMILES string of the molecule is Cc1cc(OCCCC2CCNC2)ccc1Cl. The molecule has 0 radical (unpaired) electrons. The van der Waals surface area contributed by atoms with Crippen molar-refractivity contribution in [2.75, 3.05) is 19.7 Å². The highest BCUT2D eigenvalue weighted by Gasteiger charge is 2.13. The zero-order valence-corrected chi connectivity index (χ0v) is 11.1. The van der Waals surface area contributed by atoms with Gasteiger partial charge in [0.25, 0.3) is 0 Å². The van der Waals surface area contributed by atoms with Crippen LogP contribution >= 0.6 is 11.6 Å². The summed E-state index contributed by atoms with van der Waals surface area (Å²) in [5, 5.41) is 4.19. The van der Waals surface area contributed by atoms with Gasteiger partial charge in [-0.25, -0.2) is 0 Å². The maximum atomic E-state index is 5.97. The van der Waals surface area contributed by atoms with Crippen LogP contribution in [0.1, 0.15) is 24.8 Å². The van der Waals surface area contributed by atoms with Gasteiger partial charge in [0.1, 0.15) is 5.75 Å². The molecule has 0 saturated carbocycles. The van der Waals surface area contributed by atoms with Crippen LogP contribution in [0.25, 0.3) is 0 Å². The van der Waals surface area contributed by atoms with Crippen molar-refractivity contribution in [3.63, 3.8) is 0 Å². The molecule has 0 bridgehead atoms. The molecule has 0 aliphatic carbocycles. The minimum atomic E-state index is 0.800. The van der Waals surface area contributed by atoms with Crippen LogP contribution in [0.5, 0.6) is 5.75 Å². The molecular weight excluding hydrogens is 234 g/mol. The summed E-state index contributed by atoms with van der Waals surface area (Å²) in [5.74, 6) is 1.78. The Morgan fingerprint density at radius 1 is 1.47 bits per heavy atom. The molecule has 0 spiro atoms. The van der Waals surface area contributed by atoms with Gasteiger partial charge in [-0.1, -0.05) is 11.6 Å². The second-order valence-electron chi connectivity index (χ2n) is 4.76. The van der Waals surface area contributed by atoms with Crippen molar-refractivity contribution in [1.29, 1.82) is 0 Å². The molecular formula is C14H20ClNO. The van der Waals surface area contributed by atoms with E-state index in [4.69, 9.17) is 16.3 Å². The van der Waals surface area contributed by atoms with E-state index in [0.717, 1.165) is 35.3 Å². The molecule has 0 aromatic heterocycles. The predicted molar refractivity (Wildman–Crippen MR) is 71.9 cm³/mol. The van der Waals surface area contributed by atoms with Crippen molar-refractivity contribution < 1.29 is 4.74 Å². The van der Waals surface area contributed by atoms with Gasteiger partial charge in [0.2, 0.25) is 0 Å². The third kappa shape index (κ3) is 3.90. The highest BCUT2D eigenvalue weighted by Crippen LogP contribution is 2.21. The topological polar surface area (TPSA) is 21.3 Å². The van der Waals surface area contributed by atoms with Gasteiger partial charge in [0.15, 0.2) is 0 Å². The number of ether oxygens (including phenoxy) is 1. The van der Waals surface area contributed by atoms with E-state index in [9.17, 15) is 0 Å². The first kappa shape index (κ1) is 12.7. The lowest BCUT2D eigenvalue weighted by Crippen LogP contribution is -2.09. The van der Waals surface area contributed by atoms with E-state index < -0.39 is 0 Å². The molecule has 2 nitrogen and oxygen atoms in total. The Labute approximate surface area is 108 Å². The van der Waals surface area contributed by atoms with Crippen LogP contribution in [-0.4, -0.2) is 19.7 Å². The van der Waals surface area contributed by atoms with Crippen LogP contribution in [-0.2, 0) is 0 Å². The van der Waals surface area contributed by atoms with E-state index in [0.29, 0.717) is 0 Å². The monoisotopic (exact) mass is 253 g/mol. The van der Waals surface area contributed by atoms with E-state index in [1.807, 2.05) is 25.1 Å². The van der Waals surface area contributed by atoms with Gasteiger partial charge < -0.3 is 10.1 Å². The van der Waals surface area contributed by atoms with Gasteiger partial charge in [0.05, 0.1) is 6.61 Å². The third-order valence-electron chi connectivity index (χ3n) is 3.32. The number of aryl methyl sites for hydroxylation is 1. The van der Waals surface area contributed by atoms with E-state index in [1.165, 1.54) is 25.9 Å². The van der Waals surface area contributed by atoms with Gasteiger partial charge >= 0.3 is 0 Å². The molecule has 0 amide bonds. The third-order valence-corrected chi connectivity index (χ3v) is 3.74. The molecule has 2 rings (SSSR count). The lowest BCUT2D eigenvalue weighted by Gasteiger charge is -2.10. The Morgan fingerprint density at radius 2 is 2.35 bits per heavy atom. The molecule has 17 heavy (non-hydrogen) atoms. The summed E-state index contributed by atoms with van der Waals surface area (Å²) in [6, 6.07) is 5.83. The molecule has 1 unspecified atom stereocenters. The van der Waals surface area contributed by atoms with Gasteiger partial charge in [-0.2, -0.15) is 0 Å². The lowest BCUT2D eigenvalue weighted by molar-refractivity contribution is 0.295. The van der Waals surface area contributed by atoms with Crippen molar-refractivity contribution in [2.24, 2.45) is 5.92 Å². The summed E-state index contributed by atoms with van der Waals surface area (Å²) in [7, 11) is 0. The summed E-state index contributed by atoms with van der Waals surface area (Å²) in [4.78, 5) is 0. The normalized spacial score (nSPS) is 19.5. The van der Waals surface area contributed by atoms with E-state index in [1.54, 1.807) is 0 Å². The molecule has 1 aromatic rings. The first-order valence-electron chi connectivity index (χ1n) is 6.35. The second kappa shape index (κ2) is 6.27. The standard InChI is InChI=1S/C14H20ClNO/c1-11-9-13(4-5-14(11)15)17-8-2-3-12-6-7-16-10-12/h4-5,9,12,16H,2-3,6-8,10H2,1H3. The number of hydrogen-bond acceptors (Lipinski definition) is 2. The summed E-state index contributed by atoms with van der Waals surface area (Å²) >= 11 is 5.97. The Balaban J connectivity index is 1.68. The average Bonchev–Trinajstić information content (AvgIpc) is 2.82. The number of benzene rings is 1. The molecule has 1 heterocycles. The first-order valence-corrected chi connectivity index (χ1v) is 6.73. The average molecular weight is 254 g/mol. The molecule has 1 aliphatic rings. The van der Waals surface area contributed by atoms with Crippen LogP contribution in [0.4, 0.5) is 0 Å². The minimum absolute atomic E-state index is 0.800. The molecule has 1 atom stereocenters. The largest absolute Gasteiger partial charge is 0.494 e.